The van der Waals surface area contributed by atoms with E-state index >= 15 is 0 Å². The minimum atomic E-state index is 0.435. The molecule has 0 unspecified atom stereocenters. The molecule has 18 heavy (non-hydrogen) atoms. The molecule has 0 spiro atoms. The van der Waals surface area contributed by atoms with Crippen LogP contribution >= 0.6 is 0 Å². The lowest BCUT2D eigenvalue weighted by atomic mass is 10.2. The Bertz CT molecular complexity index is 492. The average Bonchev–Trinajstić information content (AvgIpc) is 2.94. The van der Waals surface area contributed by atoms with E-state index in [1.165, 1.54) is 5.69 Å². The highest BCUT2D eigenvalue weighted by atomic mass is 15.3. The van der Waals surface area contributed by atoms with E-state index in [9.17, 15) is 0 Å². The van der Waals surface area contributed by atoms with Crippen LogP contribution in [-0.2, 0) is 13.6 Å². The summed E-state index contributed by atoms with van der Waals surface area (Å²) in [6, 6.07) is 2.50. The summed E-state index contributed by atoms with van der Waals surface area (Å²) in [7, 11) is 1.95. The highest BCUT2D eigenvalue weighted by Gasteiger charge is 2.09. The van der Waals surface area contributed by atoms with Crippen molar-refractivity contribution in [1.82, 2.24) is 19.6 Å². The van der Waals surface area contributed by atoms with Crippen molar-refractivity contribution in [2.24, 2.45) is 7.05 Å². The van der Waals surface area contributed by atoms with Crippen LogP contribution in [0, 0.1) is 6.92 Å². The average molecular weight is 247 g/mol. The molecule has 5 heteroatoms. The standard InChI is InChI=1S/C13H21N5/c1-5-11(3)18-12(6-7-15-18)9-14-13-10(2)8-16-17(13)4/h6-8,11,14H,5,9H2,1-4H3/t11-/m0/s1. The Hall–Kier alpha value is -1.78. The summed E-state index contributed by atoms with van der Waals surface area (Å²) >= 11 is 0. The maximum atomic E-state index is 4.39. The van der Waals surface area contributed by atoms with E-state index in [4.69, 9.17) is 0 Å². The monoisotopic (exact) mass is 247 g/mol. The zero-order chi connectivity index (χ0) is 13.1. The lowest BCUT2D eigenvalue weighted by Crippen LogP contribution is -2.14. The van der Waals surface area contributed by atoms with Crippen molar-refractivity contribution >= 4 is 5.82 Å². The van der Waals surface area contributed by atoms with Gasteiger partial charge >= 0.3 is 0 Å². The molecule has 0 aliphatic rings. The molecule has 98 valence electrons. The van der Waals surface area contributed by atoms with Gasteiger partial charge in [0.15, 0.2) is 0 Å². The highest BCUT2D eigenvalue weighted by molar-refractivity contribution is 5.42. The van der Waals surface area contributed by atoms with Gasteiger partial charge in [-0.15, -0.1) is 0 Å². The van der Waals surface area contributed by atoms with Gasteiger partial charge in [-0.3, -0.25) is 9.36 Å². The Morgan fingerprint density at radius 1 is 1.39 bits per heavy atom. The summed E-state index contributed by atoms with van der Waals surface area (Å²) in [5.41, 5.74) is 2.36. The van der Waals surface area contributed by atoms with E-state index in [1.54, 1.807) is 0 Å². The lowest BCUT2D eigenvalue weighted by Gasteiger charge is -2.15. The molecule has 0 aliphatic heterocycles. The third-order valence-corrected chi connectivity index (χ3v) is 3.32. The fourth-order valence-corrected chi connectivity index (χ4v) is 2.03. The van der Waals surface area contributed by atoms with Gasteiger partial charge in [0.25, 0.3) is 0 Å². The largest absolute Gasteiger partial charge is 0.364 e. The molecular weight excluding hydrogens is 226 g/mol. The SMILES string of the molecule is CC[C@H](C)n1nccc1CNc1c(C)cnn1C. The highest BCUT2D eigenvalue weighted by Crippen LogP contribution is 2.16. The van der Waals surface area contributed by atoms with Crippen LogP contribution in [0.5, 0.6) is 0 Å². The van der Waals surface area contributed by atoms with Crippen LogP contribution in [0.15, 0.2) is 18.5 Å². The molecule has 0 bridgehead atoms. The summed E-state index contributed by atoms with van der Waals surface area (Å²) in [6.45, 7) is 7.19. The zero-order valence-corrected chi connectivity index (χ0v) is 11.5. The van der Waals surface area contributed by atoms with Crippen LogP contribution in [-0.4, -0.2) is 19.6 Å². The van der Waals surface area contributed by atoms with Gasteiger partial charge in [0.1, 0.15) is 5.82 Å². The fourth-order valence-electron chi connectivity index (χ4n) is 2.03. The third kappa shape index (κ3) is 2.39. The number of aromatic nitrogens is 4. The molecule has 2 rings (SSSR count). The molecule has 0 radical (unpaired) electrons. The molecule has 5 nitrogen and oxygen atoms in total. The molecule has 2 heterocycles. The van der Waals surface area contributed by atoms with Crippen LogP contribution in [0.4, 0.5) is 5.82 Å². The van der Waals surface area contributed by atoms with Crippen LogP contribution in [0.1, 0.15) is 37.6 Å². The molecule has 2 aromatic heterocycles. The molecule has 1 atom stereocenters. The van der Waals surface area contributed by atoms with Gasteiger partial charge in [0.2, 0.25) is 0 Å². The van der Waals surface area contributed by atoms with Gasteiger partial charge in [0, 0.05) is 24.8 Å². The van der Waals surface area contributed by atoms with Gasteiger partial charge in [0.05, 0.1) is 18.4 Å². The van der Waals surface area contributed by atoms with E-state index in [1.807, 2.05) is 24.1 Å². The first-order valence-corrected chi connectivity index (χ1v) is 6.38. The zero-order valence-electron chi connectivity index (χ0n) is 11.5. The summed E-state index contributed by atoms with van der Waals surface area (Å²) in [5, 5.41) is 12.0. The topological polar surface area (TPSA) is 47.7 Å². The maximum Gasteiger partial charge on any atom is 0.127 e. The van der Waals surface area contributed by atoms with Crippen molar-refractivity contribution in [2.45, 2.75) is 39.8 Å². The molecule has 0 amide bonds. The predicted octanol–water partition coefficient (Wildman–Crippen LogP) is 2.51. The summed E-state index contributed by atoms with van der Waals surface area (Å²) in [6.07, 6.45) is 4.81. The van der Waals surface area contributed by atoms with Crippen molar-refractivity contribution in [1.29, 1.82) is 0 Å². The smallest absolute Gasteiger partial charge is 0.127 e. The number of hydrogen-bond donors (Lipinski definition) is 1. The number of hydrogen-bond acceptors (Lipinski definition) is 3. The Kier molecular flexibility index (Phi) is 3.69. The van der Waals surface area contributed by atoms with Gasteiger partial charge in [-0.05, 0) is 26.3 Å². The quantitative estimate of drug-likeness (QED) is 0.883. The molecule has 2 aromatic rings. The number of anilines is 1. The number of rotatable bonds is 5. The molecule has 0 aliphatic carbocycles. The second-order valence-corrected chi connectivity index (χ2v) is 4.68. The van der Waals surface area contributed by atoms with Gasteiger partial charge in [-0.2, -0.15) is 10.2 Å². The van der Waals surface area contributed by atoms with E-state index in [2.05, 4.69) is 47.0 Å². The predicted molar refractivity (Wildman–Crippen MR) is 72.5 cm³/mol. The minimum absolute atomic E-state index is 0.435. The fraction of sp³-hybridized carbons (Fsp3) is 0.538. The summed E-state index contributed by atoms with van der Waals surface area (Å²) in [5.74, 6) is 1.06. The van der Waals surface area contributed by atoms with Crippen molar-refractivity contribution in [3.63, 3.8) is 0 Å². The molecule has 0 saturated heterocycles. The van der Waals surface area contributed by atoms with Gasteiger partial charge in [-0.1, -0.05) is 6.92 Å². The van der Waals surface area contributed by atoms with E-state index < -0.39 is 0 Å². The normalized spacial score (nSPS) is 12.7. The first-order valence-electron chi connectivity index (χ1n) is 6.38. The lowest BCUT2D eigenvalue weighted by molar-refractivity contribution is 0.462. The second kappa shape index (κ2) is 5.25. The Morgan fingerprint density at radius 2 is 2.17 bits per heavy atom. The van der Waals surface area contributed by atoms with Crippen molar-refractivity contribution in [2.75, 3.05) is 5.32 Å². The summed E-state index contributed by atoms with van der Waals surface area (Å²) < 4.78 is 3.94. The maximum absolute atomic E-state index is 4.39. The van der Waals surface area contributed by atoms with Gasteiger partial charge < -0.3 is 5.32 Å². The Labute approximate surface area is 108 Å². The first-order chi connectivity index (χ1) is 8.63. The van der Waals surface area contributed by atoms with Crippen LogP contribution in [0.25, 0.3) is 0 Å². The van der Waals surface area contributed by atoms with Crippen LogP contribution in [0.3, 0.4) is 0 Å². The van der Waals surface area contributed by atoms with Gasteiger partial charge in [-0.25, -0.2) is 0 Å². The van der Waals surface area contributed by atoms with E-state index in [0.29, 0.717) is 6.04 Å². The van der Waals surface area contributed by atoms with E-state index in [0.717, 1.165) is 24.3 Å². The van der Waals surface area contributed by atoms with Crippen molar-refractivity contribution in [3.8, 4) is 0 Å². The Balaban J connectivity index is 2.09. The molecular formula is C13H21N5. The molecule has 0 fully saturated rings. The van der Waals surface area contributed by atoms with E-state index in [-0.39, 0.29) is 0 Å². The number of nitrogens with zero attached hydrogens (tertiary/aromatic N) is 4. The minimum Gasteiger partial charge on any atom is -0.364 e. The number of nitrogens with one attached hydrogen (secondary N) is 1. The van der Waals surface area contributed by atoms with Crippen molar-refractivity contribution in [3.05, 3.63) is 29.7 Å². The third-order valence-electron chi connectivity index (χ3n) is 3.32. The molecule has 1 N–H and O–H groups in total. The van der Waals surface area contributed by atoms with Crippen LogP contribution < -0.4 is 5.32 Å². The van der Waals surface area contributed by atoms with Crippen molar-refractivity contribution < 1.29 is 0 Å². The summed E-state index contributed by atoms with van der Waals surface area (Å²) in [4.78, 5) is 0. The van der Waals surface area contributed by atoms with Crippen LogP contribution in [0.2, 0.25) is 0 Å². The molecule has 0 aromatic carbocycles. The number of aryl methyl sites for hydroxylation is 2. The first kappa shape index (κ1) is 12.7. The molecule has 0 saturated carbocycles. The second-order valence-electron chi connectivity index (χ2n) is 4.68. The Morgan fingerprint density at radius 3 is 2.78 bits per heavy atom.